The van der Waals surface area contributed by atoms with Crippen LogP contribution in [0.5, 0.6) is 5.75 Å². The van der Waals surface area contributed by atoms with Gasteiger partial charge in [0.15, 0.2) is 5.78 Å². The van der Waals surface area contributed by atoms with Gasteiger partial charge in [0.1, 0.15) is 18.1 Å². The van der Waals surface area contributed by atoms with Gasteiger partial charge in [-0.2, -0.15) is 0 Å². The molecular formula is C14H13NO2. The number of Topliss-reactive ketones (excluding diaryl/α,β-unsaturated/α-hetero) is 1. The Hall–Kier alpha value is -2.16. The number of hydrogen-bond acceptors (Lipinski definition) is 3. The molecule has 0 fully saturated rings. The van der Waals surface area contributed by atoms with Gasteiger partial charge in [0.2, 0.25) is 0 Å². The molecule has 0 atom stereocenters. The van der Waals surface area contributed by atoms with Crippen LogP contribution < -0.4 is 4.74 Å². The van der Waals surface area contributed by atoms with E-state index in [4.69, 9.17) is 4.74 Å². The third kappa shape index (κ3) is 3.14. The Labute approximate surface area is 100 Å². The van der Waals surface area contributed by atoms with Crippen molar-refractivity contribution in [3.63, 3.8) is 0 Å². The second kappa shape index (κ2) is 5.25. The largest absolute Gasteiger partial charge is 0.487 e. The lowest BCUT2D eigenvalue weighted by atomic mass is 10.2. The molecule has 17 heavy (non-hydrogen) atoms. The lowest BCUT2D eigenvalue weighted by molar-refractivity contribution is 0.101. The molecule has 2 aromatic rings. The predicted molar refractivity (Wildman–Crippen MR) is 65.0 cm³/mol. The van der Waals surface area contributed by atoms with Crippen molar-refractivity contribution in [1.29, 1.82) is 0 Å². The van der Waals surface area contributed by atoms with Crippen LogP contribution in [0.1, 0.15) is 23.0 Å². The van der Waals surface area contributed by atoms with E-state index in [1.807, 2.05) is 30.3 Å². The zero-order chi connectivity index (χ0) is 12.1. The molecule has 0 aliphatic heterocycles. The number of carbonyl (C=O) groups is 1. The minimum Gasteiger partial charge on any atom is -0.487 e. The lowest BCUT2D eigenvalue weighted by Gasteiger charge is -2.05. The number of nitrogens with zero attached hydrogens (tertiary/aromatic N) is 1. The van der Waals surface area contributed by atoms with E-state index in [1.54, 1.807) is 18.3 Å². The fraction of sp³-hybridized carbons (Fsp3) is 0.143. The van der Waals surface area contributed by atoms with Crippen molar-refractivity contribution in [2.45, 2.75) is 13.5 Å². The first-order valence-corrected chi connectivity index (χ1v) is 5.39. The number of hydrogen-bond donors (Lipinski definition) is 0. The molecule has 86 valence electrons. The van der Waals surface area contributed by atoms with Crippen molar-refractivity contribution in [1.82, 2.24) is 4.98 Å². The Morgan fingerprint density at radius 1 is 1.18 bits per heavy atom. The highest BCUT2D eigenvalue weighted by molar-refractivity contribution is 5.92. The van der Waals surface area contributed by atoms with Crippen LogP contribution in [0.4, 0.5) is 0 Å². The van der Waals surface area contributed by atoms with Gasteiger partial charge in [-0.05, 0) is 17.7 Å². The maximum Gasteiger partial charge on any atom is 0.178 e. The molecule has 1 heterocycles. The molecule has 0 spiro atoms. The summed E-state index contributed by atoms with van der Waals surface area (Å²) >= 11 is 0. The fourth-order valence-corrected chi connectivity index (χ4v) is 1.41. The van der Waals surface area contributed by atoms with Crippen LogP contribution in [0, 0.1) is 0 Å². The van der Waals surface area contributed by atoms with Crippen molar-refractivity contribution < 1.29 is 9.53 Å². The summed E-state index contributed by atoms with van der Waals surface area (Å²) in [6.45, 7) is 1.99. The van der Waals surface area contributed by atoms with Gasteiger partial charge in [-0.3, -0.25) is 4.79 Å². The maximum absolute atomic E-state index is 11.0. The number of benzene rings is 1. The van der Waals surface area contributed by atoms with Crippen LogP contribution in [-0.2, 0) is 6.61 Å². The second-order valence-electron chi connectivity index (χ2n) is 3.71. The Morgan fingerprint density at radius 3 is 2.53 bits per heavy atom. The highest BCUT2D eigenvalue weighted by atomic mass is 16.5. The molecule has 0 radical (unpaired) electrons. The lowest BCUT2D eigenvalue weighted by Crippen LogP contribution is -1.98. The van der Waals surface area contributed by atoms with Crippen LogP contribution in [-0.4, -0.2) is 10.8 Å². The predicted octanol–water partition coefficient (Wildman–Crippen LogP) is 2.86. The third-order valence-electron chi connectivity index (χ3n) is 2.35. The van der Waals surface area contributed by atoms with E-state index < -0.39 is 0 Å². The number of rotatable bonds is 4. The summed E-state index contributed by atoms with van der Waals surface area (Å²) in [4.78, 5) is 15.0. The molecular weight excluding hydrogens is 214 g/mol. The summed E-state index contributed by atoms with van der Waals surface area (Å²) < 4.78 is 5.55. The van der Waals surface area contributed by atoms with Crippen molar-refractivity contribution in [3.8, 4) is 5.75 Å². The standard InChI is InChI=1S/C14H13NO2/c1-11(16)14-8-7-13(9-15-14)17-10-12-5-3-2-4-6-12/h2-9H,10H2,1H3. The van der Waals surface area contributed by atoms with Gasteiger partial charge in [0.25, 0.3) is 0 Å². The van der Waals surface area contributed by atoms with Crippen LogP contribution in [0.3, 0.4) is 0 Å². The van der Waals surface area contributed by atoms with Gasteiger partial charge in [-0.15, -0.1) is 0 Å². The molecule has 0 N–H and O–H groups in total. The van der Waals surface area contributed by atoms with Crippen LogP contribution in [0.25, 0.3) is 0 Å². The molecule has 3 nitrogen and oxygen atoms in total. The quantitative estimate of drug-likeness (QED) is 0.754. The number of pyridine rings is 1. The SMILES string of the molecule is CC(=O)c1ccc(OCc2ccccc2)cn1. The monoisotopic (exact) mass is 227 g/mol. The normalized spacial score (nSPS) is 9.94. The second-order valence-corrected chi connectivity index (χ2v) is 3.71. The minimum atomic E-state index is -0.0420. The Bertz CT molecular complexity index is 491. The number of ketones is 1. The first kappa shape index (κ1) is 11.3. The average Bonchev–Trinajstić information content (AvgIpc) is 2.38. The van der Waals surface area contributed by atoms with Crippen LogP contribution >= 0.6 is 0 Å². The van der Waals surface area contributed by atoms with Gasteiger partial charge >= 0.3 is 0 Å². The maximum atomic E-state index is 11.0. The average molecular weight is 227 g/mol. The van der Waals surface area contributed by atoms with E-state index in [1.165, 1.54) is 6.92 Å². The van der Waals surface area contributed by atoms with Gasteiger partial charge in [-0.25, -0.2) is 4.98 Å². The molecule has 0 bridgehead atoms. The molecule has 0 aliphatic rings. The Kier molecular flexibility index (Phi) is 3.50. The van der Waals surface area contributed by atoms with Gasteiger partial charge in [-0.1, -0.05) is 30.3 Å². The molecule has 0 saturated carbocycles. The van der Waals surface area contributed by atoms with Crippen LogP contribution in [0.15, 0.2) is 48.7 Å². The van der Waals surface area contributed by atoms with Gasteiger partial charge < -0.3 is 4.74 Å². The summed E-state index contributed by atoms with van der Waals surface area (Å²) in [5.41, 5.74) is 1.56. The van der Waals surface area contributed by atoms with E-state index in [0.29, 0.717) is 18.1 Å². The van der Waals surface area contributed by atoms with E-state index in [0.717, 1.165) is 5.56 Å². The van der Waals surface area contributed by atoms with Crippen molar-refractivity contribution in [3.05, 3.63) is 59.9 Å². The van der Waals surface area contributed by atoms with Gasteiger partial charge in [0.05, 0.1) is 6.20 Å². The van der Waals surface area contributed by atoms with E-state index in [9.17, 15) is 4.79 Å². The highest BCUT2D eigenvalue weighted by Gasteiger charge is 2.01. The number of ether oxygens (including phenoxy) is 1. The fourth-order valence-electron chi connectivity index (χ4n) is 1.41. The number of aromatic nitrogens is 1. The molecule has 1 aromatic heterocycles. The zero-order valence-electron chi connectivity index (χ0n) is 9.59. The summed E-state index contributed by atoms with van der Waals surface area (Å²) in [6, 6.07) is 13.3. The van der Waals surface area contributed by atoms with Crippen LogP contribution in [0.2, 0.25) is 0 Å². The smallest absolute Gasteiger partial charge is 0.178 e. The molecule has 1 aromatic carbocycles. The number of carbonyl (C=O) groups excluding carboxylic acids is 1. The van der Waals surface area contributed by atoms with Crippen molar-refractivity contribution in [2.75, 3.05) is 0 Å². The molecule has 3 heteroatoms. The molecule has 0 amide bonds. The first-order chi connectivity index (χ1) is 8.25. The molecule has 2 rings (SSSR count). The topological polar surface area (TPSA) is 39.2 Å². The van der Waals surface area contributed by atoms with Gasteiger partial charge in [0, 0.05) is 6.92 Å². The van der Waals surface area contributed by atoms with E-state index >= 15 is 0 Å². The molecule has 0 aliphatic carbocycles. The minimum absolute atomic E-state index is 0.0420. The van der Waals surface area contributed by atoms with Crippen molar-refractivity contribution in [2.24, 2.45) is 0 Å². The zero-order valence-corrected chi connectivity index (χ0v) is 9.59. The molecule has 0 saturated heterocycles. The summed E-state index contributed by atoms with van der Waals surface area (Å²) in [6.07, 6.45) is 1.57. The third-order valence-corrected chi connectivity index (χ3v) is 2.35. The molecule has 0 unspecified atom stereocenters. The van der Waals surface area contributed by atoms with E-state index in [2.05, 4.69) is 4.98 Å². The highest BCUT2D eigenvalue weighted by Crippen LogP contribution is 2.12. The Morgan fingerprint density at radius 2 is 1.94 bits per heavy atom. The summed E-state index contributed by atoms with van der Waals surface area (Å²) in [7, 11) is 0. The van der Waals surface area contributed by atoms with Crippen molar-refractivity contribution >= 4 is 5.78 Å². The Balaban J connectivity index is 1.98. The van der Waals surface area contributed by atoms with E-state index in [-0.39, 0.29) is 5.78 Å². The summed E-state index contributed by atoms with van der Waals surface area (Å²) in [5.74, 6) is 0.624. The summed E-state index contributed by atoms with van der Waals surface area (Å²) in [5, 5.41) is 0. The first-order valence-electron chi connectivity index (χ1n) is 5.39.